The van der Waals surface area contributed by atoms with Crippen LogP contribution in [0.2, 0.25) is 0 Å². The number of ketones is 1. The zero-order chi connectivity index (χ0) is 21.1. The number of fused-ring (bicyclic) bond motifs is 1. The highest BCUT2D eigenvalue weighted by atomic mass is 16.5. The molecule has 0 radical (unpaired) electrons. The van der Waals surface area contributed by atoms with Gasteiger partial charge in [0.2, 0.25) is 0 Å². The van der Waals surface area contributed by atoms with Gasteiger partial charge in [-0.2, -0.15) is 0 Å². The van der Waals surface area contributed by atoms with Gasteiger partial charge in [0.15, 0.2) is 5.78 Å². The molecule has 1 aliphatic carbocycles. The van der Waals surface area contributed by atoms with Crippen molar-refractivity contribution in [2.75, 3.05) is 6.61 Å². The second-order valence-electron chi connectivity index (χ2n) is 9.09. The Morgan fingerprint density at radius 2 is 1.73 bits per heavy atom. The largest absolute Gasteiger partial charge is 0.486 e. The third-order valence-electron chi connectivity index (χ3n) is 6.73. The minimum absolute atomic E-state index is 0.0492. The summed E-state index contributed by atoms with van der Waals surface area (Å²) in [5.74, 6) is 2.82. The van der Waals surface area contributed by atoms with Crippen LogP contribution in [0.3, 0.4) is 0 Å². The summed E-state index contributed by atoms with van der Waals surface area (Å²) >= 11 is 0. The molecule has 0 spiro atoms. The van der Waals surface area contributed by atoms with Crippen molar-refractivity contribution in [2.45, 2.75) is 58.3 Å². The van der Waals surface area contributed by atoms with Crippen molar-refractivity contribution < 1.29 is 9.53 Å². The second kappa shape index (κ2) is 9.04. The lowest BCUT2D eigenvalue weighted by Gasteiger charge is -2.20. The van der Waals surface area contributed by atoms with Gasteiger partial charge in [0, 0.05) is 0 Å². The summed E-state index contributed by atoms with van der Waals surface area (Å²) in [4.78, 5) is 11.1. The van der Waals surface area contributed by atoms with Gasteiger partial charge in [0.25, 0.3) is 0 Å². The van der Waals surface area contributed by atoms with E-state index in [-0.39, 0.29) is 12.4 Å². The van der Waals surface area contributed by atoms with Crippen LogP contribution in [0.5, 0.6) is 5.75 Å². The summed E-state index contributed by atoms with van der Waals surface area (Å²) in [6.07, 6.45) is 5.09. The molecular formula is C28H32O2. The molecule has 2 nitrogen and oxygen atoms in total. The number of hydrogen-bond acceptors (Lipinski definition) is 2. The van der Waals surface area contributed by atoms with Gasteiger partial charge in [0.05, 0.1) is 0 Å². The highest BCUT2D eigenvalue weighted by Gasteiger charge is 2.27. The van der Waals surface area contributed by atoms with E-state index in [0.29, 0.717) is 11.8 Å². The second-order valence-corrected chi connectivity index (χ2v) is 9.09. The number of hydrogen-bond donors (Lipinski definition) is 0. The first kappa shape index (κ1) is 20.7. The predicted octanol–water partition coefficient (Wildman–Crippen LogP) is 7.19. The van der Waals surface area contributed by atoms with Crippen molar-refractivity contribution in [1.29, 1.82) is 0 Å². The molecule has 0 saturated heterocycles. The van der Waals surface area contributed by atoms with Crippen molar-refractivity contribution >= 4 is 16.6 Å². The topological polar surface area (TPSA) is 26.3 Å². The molecule has 1 aliphatic rings. The van der Waals surface area contributed by atoms with Gasteiger partial charge in [0.1, 0.15) is 12.4 Å². The fraction of sp³-hybridized carbons (Fsp3) is 0.393. The molecule has 156 valence electrons. The van der Waals surface area contributed by atoms with Crippen LogP contribution >= 0.6 is 0 Å². The molecule has 0 aromatic heterocycles. The number of Topliss-reactive ketones (excluding diaryl/α,β-unsaturated/α-hetero) is 1. The Labute approximate surface area is 180 Å². The summed E-state index contributed by atoms with van der Waals surface area (Å²) in [5.41, 5.74) is 4.26. The molecule has 3 atom stereocenters. The molecule has 3 aromatic rings. The molecule has 0 N–H and O–H groups in total. The molecule has 0 amide bonds. The molecule has 4 rings (SSSR count). The van der Waals surface area contributed by atoms with Crippen LogP contribution in [0, 0.1) is 12.8 Å². The van der Waals surface area contributed by atoms with Gasteiger partial charge in [-0.1, -0.05) is 55.5 Å². The van der Waals surface area contributed by atoms with Crippen molar-refractivity contribution in [2.24, 2.45) is 5.92 Å². The molecule has 1 saturated carbocycles. The van der Waals surface area contributed by atoms with Gasteiger partial charge in [-0.25, -0.2) is 0 Å². The number of rotatable bonds is 7. The maximum absolute atomic E-state index is 11.1. The number of benzene rings is 3. The van der Waals surface area contributed by atoms with Crippen molar-refractivity contribution in [3.05, 3.63) is 77.4 Å². The van der Waals surface area contributed by atoms with Gasteiger partial charge in [-0.15, -0.1) is 0 Å². The first-order valence-electron chi connectivity index (χ1n) is 11.2. The van der Waals surface area contributed by atoms with Crippen LogP contribution < -0.4 is 4.74 Å². The van der Waals surface area contributed by atoms with Crippen LogP contribution in [-0.2, 0) is 4.79 Å². The zero-order valence-corrected chi connectivity index (χ0v) is 18.4. The van der Waals surface area contributed by atoms with Crippen molar-refractivity contribution in [3.63, 3.8) is 0 Å². The Morgan fingerprint density at radius 1 is 1.00 bits per heavy atom. The van der Waals surface area contributed by atoms with Crippen LogP contribution in [-0.4, -0.2) is 12.4 Å². The van der Waals surface area contributed by atoms with Crippen molar-refractivity contribution in [1.82, 2.24) is 0 Å². The molecule has 1 unspecified atom stereocenters. The smallest absolute Gasteiger partial charge is 0.167 e. The standard InChI is InChI=1S/C28H32O2/c1-19-8-15-27(28-7-5-4-6-26(19)28)20(2)16-22-9-10-24(17-22)23-11-13-25(14-12-23)30-18-21(3)29/h4-8,11-15,20,22,24H,9-10,16-18H2,1-3H3/t20-,22?,24+/m0/s1. The monoisotopic (exact) mass is 400 g/mol. The van der Waals surface area contributed by atoms with Crippen LogP contribution in [0.1, 0.15) is 68.1 Å². The maximum Gasteiger partial charge on any atom is 0.167 e. The highest BCUT2D eigenvalue weighted by molar-refractivity contribution is 5.88. The molecule has 30 heavy (non-hydrogen) atoms. The maximum atomic E-state index is 11.1. The molecule has 1 fully saturated rings. The van der Waals surface area contributed by atoms with Gasteiger partial charge >= 0.3 is 0 Å². The Balaban J connectivity index is 1.39. The normalized spacial score (nSPS) is 19.7. The van der Waals surface area contributed by atoms with E-state index in [0.717, 1.165) is 11.7 Å². The number of aryl methyl sites for hydroxylation is 1. The average molecular weight is 401 g/mol. The quantitative estimate of drug-likeness (QED) is 0.419. The van der Waals surface area contributed by atoms with E-state index in [4.69, 9.17) is 4.74 Å². The van der Waals surface area contributed by atoms with E-state index in [9.17, 15) is 4.79 Å². The minimum Gasteiger partial charge on any atom is -0.486 e. The first-order valence-corrected chi connectivity index (χ1v) is 11.2. The molecule has 3 aromatic carbocycles. The Bertz CT molecular complexity index is 1020. The van der Waals surface area contributed by atoms with Gasteiger partial charge in [-0.05, 0) is 96.9 Å². The fourth-order valence-corrected chi connectivity index (χ4v) is 5.14. The summed E-state index contributed by atoms with van der Waals surface area (Å²) in [5, 5.41) is 2.80. The van der Waals surface area contributed by atoms with E-state index in [1.54, 1.807) is 6.92 Å². The molecule has 0 aliphatic heterocycles. The lowest BCUT2D eigenvalue weighted by Crippen LogP contribution is -2.06. The fourth-order valence-electron chi connectivity index (χ4n) is 5.14. The highest BCUT2D eigenvalue weighted by Crippen LogP contribution is 2.43. The molecule has 0 heterocycles. The predicted molar refractivity (Wildman–Crippen MR) is 124 cm³/mol. The summed E-state index contributed by atoms with van der Waals surface area (Å²) in [7, 11) is 0. The minimum atomic E-state index is 0.0492. The number of carbonyl (C=O) groups excluding carboxylic acids is 1. The van der Waals surface area contributed by atoms with E-state index >= 15 is 0 Å². The molecule has 2 heteroatoms. The van der Waals surface area contributed by atoms with E-state index in [1.165, 1.54) is 53.1 Å². The Morgan fingerprint density at radius 3 is 2.47 bits per heavy atom. The first-order chi connectivity index (χ1) is 14.5. The SMILES string of the molecule is CC(=O)COc1ccc([C@@H]2CCC(C[C@H](C)c3ccc(C)c4ccccc34)C2)cc1. The number of carbonyl (C=O) groups is 1. The lowest BCUT2D eigenvalue weighted by molar-refractivity contribution is -0.118. The summed E-state index contributed by atoms with van der Waals surface area (Å²) in [6, 6.07) is 21.8. The average Bonchev–Trinajstić information content (AvgIpc) is 3.21. The van der Waals surface area contributed by atoms with Crippen LogP contribution in [0.15, 0.2) is 60.7 Å². The third kappa shape index (κ3) is 4.59. The van der Waals surface area contributed by atoms with Crippen molar-refractivity contribution in [3.8, 4) is 5.75 Å². The molecular weight excluding hydrogens is 368 g/mol. The lowest BCUT2D eigenvalue weighted by atomic mass is 9.85. The summed E-state index contributed by atoms with van der Waals surface area (Å²) in [6.45, 7) is 6.30. The number of ether oxygens (including phenoxy) is 1. The Hall–Kier alpha value is -2.61. The van der Waals surface area contributed by atoms with Crippen LogP contribution in [0.25, 0.3) is 10.8 Å². The van der Waals surface area contributed by atoms with E-state index in [1.807, 2.05) is 12.1 Å². The summed E-state index contributed by atoms with van der Waals surface area (Å²) < 4.78 is 5.50. The molecule has 0 bridgehead atoms. The zero-order valence-electron chi connectivity index (χ0n) is 18.4. The van der Waals surface area contributed by atoms with E-state index in [2.05, 4.69) is 62.4 Å². The Kier molecular flexibility index (Phi) is 6.22. The third-order valence-corrected chi connectivity index (χ3v) is 6.73. The van der Waals surface area contributed by atoms with E-state index < -0.39 is 0 Å². The van der Waals surface area contributed by atoms with Crippen LogP contribution in [0.4, 0.5) is 0 Å². The van der Waals surface area contributed by atoms with Gasteiger partial charge in [-0.3, -0.25) is 4.79 Å². The van der Waals surface area contributed by atoms with Gasteiger partial charge < -0.3 is 4.74 Å².